The molecule has 0 aromatic heterocycles. The van der Waals surface area contributed by atoms with E-state index in [9.17, 15) is 19.5 Å². The van der Waals surface area contributed by atoms with Gasteiger partial charge in [-0.2, -0.15) is 0 Å². The largest absolute Gasteiger partial charge is 0.493 e. The monoisotopic (exact) mass is 486 g/mol. The number of aromatic carboxylic acids is 1. The van der Waals surface area contributed by atoms with Gasteiger partial charge >= 0.3 is 18.2 Å². The molecule has 10 heteroatoms. The van der Waals surface area contributed by atoms with Crippen LogP contribution in [-0.2, 0) is 16.0 Å². The molecule has 2 aromatic carbocycles. The van der Waals surface area contributed by atoms with Gasteiger partial charge in [-0.3, -0.25) is 9.80 Å². The summed E-state index contributed by atoms with van der Waals surface area (Å²) in [5.41, 5.74) is 1.91. The lowest BCUT2D eigenvalue weighted by atomic mass is 9.90. The Morgan fingerprint density at radius 3 is 2.37 bits per heavy atom. The molecule has 3 rings (SSSR count). The maximum Gasteiger partial charge on any atom is 0.414 e. The van der Waals surface area contributed by atoms with Crippen LogP contribution < -0.4 is 14.4 Å². The number of carbonyl (C=O) groups is 3. The number of rotatable bonds is 7. The zero-order valence-electron chi connectivity index (χ0n) is 20.4. The summed E-state index contributed by atoms with van der Waals surface area (Å²) in [6.07, 6.45) is -0.714. The van der Waals surface area contributed by atoms with E-state index in [0.29, 0.717) is 34.7 Å². The predicted octanol–water partition coefficient (Wildman–Crippen LogP) is 4.47. The Hall–Kier alpha value is -3.95. The summed E-state index contributed by atoms with van der Waals surface area (Å²) in [6.45, 7) is 3.90. The third-order valence-electron chi connectivity index (χ3n) is 5.93. The molecule has 2 aromatic rings. The molecule has 0 radical (unpaired) electrons. The van der Waals surface area contributed by atoms with Crippen LogP contribution in [0.5, 0.6) is 11.5 Å². The highest BCUT2D eigenvalue weighted by atomic mass is 16.6. The van der Waals surface area contributed by atoms with E-state index in [2.05, 4.69) is 0 Å². The Labute approximate surface area is 203 Å². The van der Waals surface area contributed by atoms with E-state index < -0.39 is 24.2 Å². The lowest BCUT2D eigenvalue weighted by Crippen LogP contribution is -2.47. The first-order valence-electron chi connectivity index (χ1n) is 11.1. The number of carboxylic acids is 1. The molecule has 2 atom stereocenters. The van der Waals surface area contributed by atoms with Crippen molar-refractivity contribution in [3.05, 3.63) is 53.1 Å². The first kappa shape index (κ1) is 25.7. The molecule has 1 heterocycles. The summed E-state index contributed by atoms with van der Waals surface area (Å²) in [5, 5.41) is 9.36. The Morgan fingerprint density at radius 2 is 1.77 bits per heavy atom. The van der Waals surface area contributed by atoms with Crippen molar-refractivity contribution >= 4 is 23.8 Å². The zero-order chi connectivity index (χ0) is 25.7. The minimum Gasteiger partial charge on any atom is -0.493 e. The summed E-state index contributed by atoms with van der Waals surface area (Å²) in [4.78, 5) is 40.3. The van der Waals surface area contributed by atoms with E-state index in [4.69, 9.17) is 18.9 Å². The van der Waals surface area contributed by atoms with E-state index in [1.807, 2.05) is 6.92 Å². The molecule has 35 heavy (non-hydrogen) atoms. The van der Waals surface area contributed by atoms with Crippen molar-refractivity contribution in [3.8, 4) is 11.5 Å². The molecule has 1 aliphatic rings. The molecule has 10 nitrogen and oxygen atoms in total. The van der Waals surface area contributed by atoms with Gasteiger partial charge < -0.3 is 24.1 Å². The van der Waals surface area contributed by atoms with Gasteiger partial charge in [0.25, 0.3) is 0 Å². The van der Waals surface area contributed by atoms with Crippen molar-refractivity contribution in [3.63, 3.8) is 0 Å². The molecule has 0 aliphatic carbocycles. The van der Waals surface area contributed by atoms with Gasteiger partial charge in [0.15, 0.2) is 11.5 Å². The highest BCUT2D eigenvalue weighted by molar-refractivity contribution is 5.91. The third kappa shape index (κ3) is 5.26. The Balaban J connectivity index is 2.14. The van der Waals surface area contributed by atoms with E-state index in [1.54, 1.807) is 31.2 Å². The quantitative estimate of drug-likeness (QED) is 0.610. The number of hydrogen-bond donors (Lipinski definition) is 1. The average Bonchev–Trinajstić information content (AvgIpc) is 2.85. The van der Waals surface area contributed by atoms with Crippen LogP contribution in [0.2, 0.25) is 0 Å². The second-order valence-corrected chi connectivity index (χ2v) is 8.04. The van der Waals surface area contributed by atoms with Gasteiger partial charge in [0.05, 0.1) is 45.2 Å². The number of carboxylic acid groups (broad SMARTS) is 1. The third-order valence-corrected chi connectivity index (χ3v) is 5.93. The topological polar surface area (TPSA) is 115 Å². The number of benzene rings is 2. The maximum atomic E-state index is 13.0. The number of anilines is 1. The molecule has 0 saturated carbocycles. The second-order valence-electron chi connectivity index (χ2n) is 8.04. The fourth-order valence-corrected chi connectivity index (χ4v) is 4.34. The Kier molecular flexibility index (Phi) is 8.06. The molecule has 0 spiro atoms. The van der Waals surface area contributed by atoms with Crippen molar-refractivity contribution < 1.29 is 38.4 Å². The molecule has 2 amide bonds. The van der Waals surface area contributed by atoms with Gasteiger partial charge in [-0.05, 0) is 44.0 Å². The van der Waals surface area contributed by atoms with Crippen molar-refractivity contribution in [1.29, 1.82) is 0 Å². The van der Waals surface area contributed by atoms with Crippen molar-refractivity contribution in [1.82, 2.24) is 4.90 Å². The lowest BCUT2D eigenvalue weighted by Gasteiger charge is -2.42. The van der Waals surface area contributed by atoms with Crippen LogP contribution in [0.4, 0.5) is 15.3 Å². The molecule has 188 valence electrons. The number of hydrogen-bond acceptors (Lipinski definition) is 7. The van der Waals surface area contributed by atoms with Crippen LogP contribution in [-0.4, -0.2) is 62.1 Å². The van der Waals surface area contributed by atoms with E-state index >= 15 is 0 Å². The second kappa shape index (κ2) is 11.0. The van der Waals surface area contributed by atoms with E-state index in [0.717, 1.165) is 0 Å². The lowest BCUT2D eigenvalue weighted by molar-refractivity contribution is 0.0696. The van der Waals surface area contributed by atoms with Crippen LogP contribution in [0.25, 0.3) is 0 Å². The summed E-state index contributed by atoms with van der Waals surface area (Å²) >= 11 is 0. The number of amides is 2. The van der Waals surface area contributed by atoms with Gasteiger partial charge in [0.2, 0.25) is 0 Å². The molecule has 2 unspecified atom stereocenters. The Bertz CT molecular complexity index is 1100. The summed E-state index contributed by atoms with van der Waals surface area (Å²) in [5.74, 6) is -0.200. The van der Waals surface area contributed by atoms with Crippen LogP contribution in [0, 0.1) is 0 Å². The van der Waals surface area contributed by atoms with Crippen LogP contribution in [0.3, 0.4) is 0 Å². The summed E-state index contributed by atoms with van der Waals surface area (Å²) in [6, 6.07) is 8.96. The molecular formula is C25H30N2O8. The fraction of sp³-hybridized carbons (Fsp3) is 0.400. The standard InChI is InChI=1S/C25H30N2O8/c1-6-35-25(31)27-15(2)10-19(18-12-21(32-3)22(33-4)13-20(18)27)26(24(30)34-5)14-16-8-7-9-17(11-16)23(28)29/h7-9,11-13,15,19H,6,10,14H2,1-5H3,(H,28,29). The predicted molar refractivity (Wildman–Crippen MR) is 127 cm³/mol. The maximum absolute atomic E-state index is 13.0. The SMILES string of the molecule is CCOC(=O)N1c2cc(OC)c(OC)cc2C(N(Cc2cccc(C(=O)O)c2)C(=O)OC)CC1C. The number of nitrogens with zero attached hydrogens (tertiary/aromatic N) is 2. The number of carbonyl (C=O) groups excluding carboxylic acids is 2. The number of methoxy groups -OCH3 is 3. The van der Waals surface area contributed by atoms with Gasteiger partial charge in [0.1, 0.15) is 0 Å². The summed E-state index contributed by atoms with van der Waals surface area (Å²) in [7, 11) is 4.29. The van der Waals surface area contributed by atoms with Crippen LogP contribution in [0.1, 0.15) is 47.8 Å². The van der Waals surface area contributed by atoms with Crippen molar-refractivity contribution in [2.45, 2.75) is 38.9 Å². The van der Waals surface area contributed by atoms with Crippen molar-refractivity contribution in [2.24, 2.45) is 0 Å². The average molecular weight is 487 g/mol. The van der Waals surface area contributed by atoms with Crippen LogP contribution >= 0.6 is 0 Å². The number of fused-ring (bicyclic) bond motifs is 1. The van der Waals surface area contributed by atoms with E-state index in [-0.39, 0.29) is 24.8 Å². The molecule has 0 saturated heterocycles. The molecular weight excluding hydrogens is 456 g/mol. The highest BCUT2D eigenvalue weighted by Crippen LogP contribution is 2.46. The van der Waals surface area contributed by atoms with Gasteiger partial charge in [-0.1, -0.05) is 12.1 Å². The fourth-order valence-electron chi connectivity index (χ4n) is 4.34. The van der Waals surface area contributed by atoms with Gasteiger partial charge in [-0.15, -0.1) is 0 Å². The normalized spacial score (nSPS) is 16.7. The first-order valence-corrected chi connectivity index (χ1v) is 11.1. The smallest absolute Gasteiger partial charge is 0.414 e. The minimum absolute atomic E-state index is 0.0956. The van der Waals surface area contributed by atoms with Crippen LogP contribution in [0.15, 0.2) is 36.4 Å². The highest BCUT2D eigenvalue weighted by Gasteiger charge is 2.40. The zero-order valence-corrected chi connectivity index (χ0v) is 20.4. The molecule has 0 fully saturated rings. The summed E-state index contributed by atoms with van der Waals surface area (Å²) < 4.78 is 21.3. The van der Waals surface area contributed by atoms with Gasteiger partial charge in [-0.25, -0.2) is 14.4 Å². The molecule has 0 bridgehead atoms. The minimum atomic E-state index is -1.06. The molecule has 1 aliphatic heterocycles. The van der Waals surface area contributed by atoms with E-state index in [1.165, 1.54) is 43.3 Å². The Morgan fingerprint density at radius 1 is 1.09 bits per heavy atom. The van der Waals surface area contributed by atoms with Gasteiger partial charge in [0, 0.05) is 24.2 Å². The number of ether oxygens (including phenoxy) is 4. The molecule has 1 N–H and O–H groups in total. The van der Waals surface area contributed by atoms with Crippen molar-refractivity contribution in [2.75, 3.05) is 32.8 Å². The first-order chi connectivity index (χ1) is 16.7.